The number of ether oxygens (including phenoxy) is 2. The standard InChI is InChI=1S/C22H23N3O4S.ClH/c1-14(26)15-4-6-16(7-5-15)21(27)25(9-8-24(2)3)22-23-17-12-18-19(13-20(17)30-22)29-11-10-28-18;/h4-7,12-13H,8-11H2,1-3H3;1H. The smallest absolute Gasteiger partial charge is 0.260 e. The zero-order valence-corrected chi connectivity index (χ0v) is 19.2. The van der Waals surface area contributed by atoms with Crippen molar-refractivity contribution in [2.24, 2.45) is 0 Å². The summed E-state index contributed by atoms with van der Waals surface area (Å²) >= 11 is 1.45. The summed E-state index contributed by atoms with van der Waals surface area (Å²) in [4.78, 5) is 33.3. The third-order valence-corrected chi connectivity index (χ3v) is 5.87. The van der Waals surface area contributed by atoms with Crippen LogP contribution >= 0.6 is 23.7 Å². The van der Waals surface area contributed by atoms with Gasteiger partial charge in [-0.25, -0.2) is 4.98 Å². The summed E-state index contributed by atoms with van der Waals surface area (Å²) in [6.07, 6.45) is 0. The van der Waals surface area contributed by atoms with Crippen molar-refractivity contribution < 1.29 is 19.1 Å². The molecular weight excluding hydrogens is 438 g/mol. The average Bonchev–Trinajstić information content (AvgIpc) is 3.14. The van der Waals surface area contributed by atoms with Crippen LogP contribution in [0.1, 0.15) is 27.6 Å². The molecule has 0 atom stereocenters. The zero-order chi connectivity index (χ0) is 21.3. The number of hydrogen-bond acceptors (Lipinski definition) is 7. The third-order valence-electron chi connectivity index (χ3n) is 4.83. The van der Waals surface area contributed by atoms with Crippen LogP contribution in [0.3, 0.4) is 0 Å². The van der Waals surface area contributed by atoms with Gasteiger partial charge in [-0.2, -0.15) is 0 Å². The molecule has 0 aliphatic carbocycles. The number of ketones is 1. The van der Waals surface area contributed by atoms with Crippen LogP contribution in [-0.2, 0) is 0 Å². The van der Waals surface area contributed by atoms with E-state index in [1.54, 1.807) is 29.2 Å². The number of halogens is 1. The van der Waals surface area contributed by atoms with Crippen molar-refractivity contribution in [3.8, 4) is 11.5 Å². The molecule has 2 aromatic carbocycles. The van der Waals surface area contributed by atoms with Gasteiger partial charge in [0.2, 0.25) is 0 Å². The number of benzene rings is 2. The number of rotatable bonds is 6. The summed E-state index contributed by atoms with van der Waals surface area (Å²) in [7, 11) is 3.93. The normalized spacial score (nSPS) is 12.5. The highest BCUT2D eigenvalue weighted by Crippen LogP contribution is 2.39. The number of carbonyl (C=O) groups excluding carboxylic acids is 2. The maximum absolute atomic E-state index is 13.3. The predicted molar refractivity (Wildman–Crippen MR) is 125 cm³/mol. The van der Waals surface area contributed by atoms with E-state index in [0.29, 0.717) is 54.1 Å². The quantitative estimate of drug-likeness (QED) is 0.518. The number of likely N-dealkylation sites (N-methyl/N-ethyl adjacent to an activating group) is 1. The molecular formula is C22H24ClN3O4S. The highest BCUT2D eigenvalue weighted by Gasteiger charge is 2.23. The van der Waals surface area contributed by atoms with Gasteiger partial charge in [0.1, 0.15) is 13.2 Å². The van der Waals surface area contributed by atoms with Crippen molar-refractivity contribution in [1.82, 2.24) is 9.88 Å². The van der Waals surface area contributed by atoms with Gasteiger partial charge in [-0.3, -0.25) is 14.5 Å². The lowest BCUT2D eigenvalue weighted by molar-refractivity contribution is 0.0981. The molecule has 4 rings (SSSR count). The number of fused-ring (bicyclic) bond motifs is 2. The van der Waals surface area contributed by atoms with Crippen LogP contribution in [-0.4, -0.2) is 62.0 Å². The molecule has 1 amide bonds. The van der Waals surface area contributed by atoms with E-state index in [1.165, 1.54) is 18.3 Å². The van der Waals surface area contributed by atoms with Gasteiger partial charge in [0, 0.05) is 36.3 Å². The van der Waals surface area contributed by atoms with E-state index in [4.69, 9.17) is 14.5 Å². The number of Topliss-reactive ketones (excluding diaryl/α,β-unsaturated/α-hetero) is 1. The Morgan fingerprint density at radius 2 is 1.61 bits per heavy atom. The van der Waals surface area contributed by atoms with Gasteiger partial charge >= 0.3 is 0 Å². The molecule has 0 saturated carbocycles. The van der Waals surface area contributed by atoms with Crippen LogP contribution in [0.5, 0.6) is 11.5 Å². The second kappa shape index (κ2) is 9.64. The topological polar surface area (TPSA) is 72.0 Å². The molecule has 164 valence electrons. The van der Waals surface area contributed by atoms with Crippen molar-refractivity contribution in [1.29, 1.82) is 0 Å². The lowest BCUT2D eigenvalue weighted by atomic mass is 10.1. The Morgan fingerprint density at radius 3 is 2.23 bits per heavy atom. The summed E-state index contributed by atoms with van der Waals surface area (Å²) in [6.45, 7) is 3.73. The van der Waals surface area contributed by atoms with Crippen molar-refractivity contribution in [3.63, 3.8) is 0 Å². The van der Waals surface area contributed by atoms with E-state index in [0.717, 1.165) is 10.2 Å². The van der Waals surface area contributed by atoms with Gasteiger partial charge in [-0.1, -0.05) is 23.5 Å². The Bertz CT molecular complexity index is 1060. The van der Waals surface area contributed by atoms with Crippen molar-refractivity contribution in [2.45, 2.75) is 6.92 Å². The number of amides is 1. The number of thiazole rings is 1. The van der Waals surface area contributed by atoms with Crippen LogP contribution in [0.4, 0.5) is 5.13 Å². The molecule has 2 heterocycles. The average molecular weight is 462 g/mol. The minimum absolute atomic E-state index is 0. The molecule has 1 aliphatic rings. The minimum Gasteiger partial charge on any atom is -0.486 e. The minimum atomic E-state index is -0.150. The summed E-state index contributed by atoms with van der Waals surface area (Å²) in [6, 6.07) is 10.5. The molecule has 0 bridgehead atoms. The number of aromatic nitrogens is 1. The van der Waals surface area contributed by atoms with Crippen molar-refractivity contribution >= 4 is 50.8 Å². The maximum Gasteiger partial charge on any atom is 0.260 e. The van der Waals surface area contributed by atoms with Gasteiger partial charge in [0.25, 0.3) is 5.91 Å². The van der Waals surface area contributed by atoms with Crippen molar-refractivity contribution in [2.75, 3.05) is 45.3 Å². The largest absolute Gasteiger partial charge is 0.486 e. The second-order valence-corrected chi connectivity index (χ2v) is 8.36. The third kappa shape index (κ3) is 4.98. The van der Waals surface area contributed by atoms with Crippen molar-refractivity contribution in [3.05, 3.63) is 47.5 Å². The second-order valence-electron chi connectivity index (χ2n) is 7.35. The molecule has 0 radical (unpaired) electrons. The molecule has 0 fully saturated rings. The van der Waals surface area contributed by atoms with Gasteiger partial charge in [0.15, 0.2) is 22.4 Å². The summed E-state index contributed by atoms with van der Waals surface area (Å²) < 4.78 is 12.3. The van der Waals surface area contributed by atoms with E-state index in [1.807, 2.05) is 31.1 Å². The number of nitrogens with zero attached hydrogens (tertiary/aromatic N) is 3. The van der Waals surface area contributed by atoms with E-state index >= 15 is 0 Å². The molecule has 3 aromatic rings. The van der Waals surface area contributed by atoms with E-state index in [2.05, 4.69) is 0 Å². The lowest BCUT2D eigenvalue weighted by Crippen LogP contribution is -2.36. The molecule has 0 spiro atoms. The number of hydrogen-bond donors (Lipinski definition) is 0. The number of carbonyl (C=O) groups is 2. The van der Waals surface area contributed by atoms with E-state index in [9.17, 15) is 9.59 Å². The Labute approximate surface area is 191 Å². The highest BCUT2D eigenvalue weighted by molar-refractivity contribution is 7.22. The molecule has 1 aromatic heterocycles. The SMILES string of the molecule is CC(=O)c1ccc(C(=O)N(CCN(C)C)c2nc3cc4c(cc3s2)OCCO4)cc1.Cl. The van der Waals surface area contributed by atoms with E-state index < -0.39 is 0 Å². The first kappa shape index (κ1) is 23.0. The molecule has 0 unspecified atom stereocenters. The Kier molecular flexibility index (Phi) is 7.15. The number of anilines is 1. The van der Waals surface area contributed by atoms with E-state index in [-0.39, 0.29) is 24.1 Å². The molecule has 0 N–H and O–H groups in total. The molecule has 31 heavy (non-hydrogen) atoms. The molecule has 9 heteroatoms. The van der Waals surface area contributed by atoms with Crippen LogP contribution < -0.4 is 14.4 Å². The van der Waals surface area contributed by atoms with Crippen LogP contribution in [0, 0.1) is 0 Å². The summed E-state index contributed by atoms with van der Waals surface area (Å²) in [5, 5.41) is 0.620. The summed E-state index contributed by atoms with van der Waals surface area (Å²) in [5.74, 6) is 1.20. The molecule has 7 nitrogen and oxygen atoms in total. The Hall–Kier alpha value is -2.68. The van der Waals surface area contributed by atoms with Crippen LogP contribution in [0.25, 0.3) is 10.2 Å². The fourth-order valence-electron chi connectivity index (χ4n) is 3.16. The van der Waals surface area contributed by atoms with Crippen LogP contribution in [0.15, 0.2) is 36.4 Å². The Morgan fingerprint density at radius 1 is 1.00 bits per heavy atom. The van der Waals surface area contributed by atoms with Crippen LogP contribution in [0.2, 0.25) is 0 Å². The first-order valence-electron chi connectivity index (χ1n) is 9.70. The lowest BCUT2D eigenvalue weighted by Gasteiger charge is -2.22. The van der Waals surface area contributed by atoms with Gasteiger partial charge in [-0.15, -0.1) is 12.4 Å². The van der Waals surface area contributed by atoms with Gasteiger partial charge < -0.3 is 14.4 Å². The Balaban J connectivity index is 0.00000272. The zero-order valence-electron chi connectivity index (χ0n) is 17.6. The maximum atomic E-state index is 13.3. The highest BCUT2D eigenvalue weighted by atomic mass is 35.5. The first-order chi connectivity index (χ1) is 14.4. The van der Waals surface area contributed by atoms with Gasteiger partial charge in [0.05, 0.1) is 10.2 Å². The first-order valence-corrected chi connectivity index (χ1v) is 10.5. The predicted octanol–water partition coefficient (Wildman–Crippen LogP) is 3.90. The monoisotopic (exact) mass is 461 g/mol. The molecule has 0 saturated heterocycles. The fourth-order valence-corrected chi connectivity index (χ4v) is 4.16. The fraction of sp³-hybridized carbons (Fsp3) is 0.318. The molecule has 1 aliphatic heterocycles. The van der Waals surface area contributed by atoms with Gasteiger partial charge in [-0.05, 0) is 33.2 Å². The summed E-state index contributed by atoms with van der Waals surface area (Å²) in [5.41, 5.74) is 1.87.